The molecule has 0 saturated carbocycles. The van der Waals surface area contributed by atoms with Crippen LogP contribution in [0.3, 0.4) is 0 Å². The van der Waals surface area contributed by atoms with Crippen LogP contribution in [0.2, 0.25) is 0 Å². The zero-order valence-electron chi connectivity index (χ0n) is 37.7. The Morgan fingerprint density at radius 3 is 1.23 bits per heavy atom. The summed E-state index contributed by atoms with van der Waals surface area (Å²) in [7, 11) is 0. The van der Waals surface area contributed by atoms with Crippen molar-refractivity contribution in [3.05, 3.63) is 283 Å². The second kappa shape index (κ2) is 16.7. The standard InChI is InChI=1S/C66H43N3/c1-5-17-44(18-6-1)45-29-33-48(34-30-45)64-67-63(47-19-7-2-8-20-47)68-65(69-64)49-35-31-46(32-36-49)54-41-42-55(58-26-14-13-25-57(54)58)50-37-39-56-51(43-50)38-40-60-59-27-15-16-28-61(59)66(62(56)60,52-21-9-3-10-22-52)53-23-11-4-12-24-53/h1-43H. The Morgan fingerprint density at radius 1 is 0.246 bits per heavy atom. The number of nitrogens with zero attached hydrogens (tertiary/aromatic N) is 3. The lowest BCUT2D eigenvalue weighted by Gasteiger charge is -2.34. The van der Waals surface area contributed by atoms with Crippen molar-refractivity contribution in [1.82, 2.24) is 15.0 Å². The Kier molecular flexibility index (Phi) is 9.73. The van der Waals surface area contributed by atoms with Crippen molar-refractivity contribution < 1.29 is 0 Å². The van der Waals surface area contributed by atoms with Gasteiger partial charge in [0.25, 0.3) is 0 Å². The molecule has 69 heavy (non-hydrogen) atoms. The topological polar surface area (TPSA) is 38.7 Å². The fourth-order valence-corrected chi connectivity index (χ4v) is 10.8. The fourth-order valence-electron chi connectivity index (χ4n) is 10.8. The first kappa shape index (κ1) is 40.2. The van der Waals surface area contributed by atoms with Gasteiger partial charge in [0, 0.05) is 16.7 Å². The largest absolute Gasteiger partial charge is 0.208 e. The van der Waals surface area contributed by atoms with Gasteiger partial charge in [0.05, 0.1) is 5.41 Å². The van der Waals surface area contributed by atoms with Crippen molar-refractivity contribution in [2.75, 3.05) is 0 Å². The normalized spacial score (nSPS) is 12.5. The maximum Gasteiger partial charge on any atom is 0.164 e. The lowest BCUT2D eigenvalue weighted by Crippen LogP contribution is -2.28. The predicted molar refractivity (Wildman–Crippen MR) is 285 cm³/mol. The fraction of sp³-hybridized carbons (Fsp3) is 0.0152. The lowest BCUT2D eigenvalue weighted by molar-refractivity contribution is 0.775. The number of hydrogen-bond donors (Lipinski definition) is 0. The van der Waals surface area contributed by atoms with Crippen molar-refractivity contribution in [3.8, 4) is 78.7 Å². The Balaban J connectivity index is 0.880. The van der Waals surface area contributed by atoms with E-state index in [1.54, 1.807) is 0 Å². The molecule has 0 fully saturated rings. The van der Waals surface area contributed by atoms with Gasteiger partial charge in [-0.05, 0) is 94.4 Å². The lowest BCUT2D eigenvalue weighted by atomic mass is 9.66. The van der Waals surface area contributed by atoms with Crippen LogP contribution >= 0.6 is 0 Å². The molecule has 0 radical (unpaired) electrons. The van der Waals surface area contributed by atoms with Gasteiger partial charge in [-0.15, -0.1) is 0 Å². The van der Waals surface area contributed by atoms with Gasteiger partial charge in [0.15, 0.2) is 17.5 Å². The molecule has 1 aliphatic carbocycles. The Bertz CT molecular complexity index is 3810. The van der Waals surface area contributed by atoms with Gasteiger partial charge in [-0.3, -0.25) is 0 Å². The van der Waals surface area contributed by atoms with E-state index in [1.807, 2.05) is 36.4 Å². The second-order valence-electron chi connectivity index (χ2n) is 17.9. The number of benzene rings is 11. The average molecular weight is 878 g/mol. The molecule has 1 heterocycles. The minimum atomic E-state index is -0.468. The zero-order chi connectivity index (χ0) is 45.7. The van der Waals surface area contributed by atoms with Gasteiger partial charge in [0.2, 0.25) is 0 Å². The van der Waals surface area contributed by atoms with Crippen LogP contribution in [0.25, 0.3) is 100 Å². The first-order chi connectivity index (χ1) is 34.2. The molecule has 12 aromatic rings. The molecular weight excluding hydrogens is 835 g/mol. The molecule has 11 aromatic carbocycles. The molecule has 0 N–H and O–H groups in total. The number of fused-ring (bicyclic) bond motifs is 6. The summed E-state index contributed by atoms with van der Waals surface area (Å²) in [4.78, 5) is 15.1. The van der Waals surface area contributed by atoms with Crippen LogP contribution in [0.1, 0.15) is 22.3 Å². The summed E-state index contributed by atoms with van der Waals surface area (Å²) in [5.74, 6) is 1.91. The predicted octanol–water partition coefficient (Wildman–Crippen LogP) is 16.5. The first-order valence-corrected chi connectivity index (χ1v) is 23.6. The molecule has 0 aliphatic heterocycles. The molecule has 322 valence electrons. The third-order valence-corrected chi connectivity index (χ3v) is 14.0. The molecule has 0 bridgehead atoms. The zero-order valence-corrected chi connectivity index (χ0v) is 37.7. The smallest absolute Gasteiger partial charge is 0.164 e. The number of aromatic nitrogens is 3. The molecule has 3 heteroatoms. The maximum atomic E-state index is 5.07. The van der Waals surface area contributed by atoms with E-state index < -0.39 is 5.41 Å². The van der Waals surface area contributed by atoms with Crippen LogP contribution in [0.5, 0.6) is 0 Å². The molecule has 1 aromatic heterocycles. The Morgan fingerprint density at radius 2 is 0.652 bits per heavy atom. The molecule has 0 spiro atoms. The molecule has 1 aliphatic rings. The van der Waals surface area contributed by atoms with Gasteiger partial charge in [-0.1, -0.05) is 255 Å². The molecule has 0 saturated heterocycles. The van der Waals surface area contributed by atoms with Crippen LogP contribution in [0.15, 0.2) is 261 Å². The molecule has 13 rings (SSSR count). The van der Waals surface area contributed by atoms with E-state index in [-0.39, 0.29) is 0 Å². The van der Waals surface area contributed by atoms with E-state index in [9.17, 15) is 0 Å². The van der Waals surface area contributed by atoms with E-state index in [4.69, 9.17) is 15.0 Å². The highest BCUT2D eigenvalue weighted by Gasteiger charge is 2.47. The van der Waals surface area contributed by atoms with E-state index in [0.29, 0.717) is 17.5 Å². The van der Waals surface area contributed by atoms with Gasteiger partial charge < -0.3 is 0 Å². The molecular formula is C66H43N3. The SMILES string of the molecule is c1ccc(-c2ccc(-c3nc(-c4ccccc4)nc(-c4ccc(-c5ccc(-c6ccc7c8c(ccc7c6)-c6ccccc6C8(c6ccccc6)c6ccccc6)c6ccccc56)cc4)n3)cc2)cc1. The third-order valence-electron chi connectivity index (χ3n) is 14.0. The van der Waals surface area contributed by atoms with Crippen molar-refractivity contribution >= 4 is 21.5 Å². The monoisotopic (exact) mass is 877 g/mol. The molecule has 0 unspecified atom stereocenters. The van der Waals surface area contributed by atoms with Crippen LogP contribution in [-0.4, -0.2) is 15.0 Å². The average Bonchev–Trinajstić information content (AvgIpc) is 3.75. The van der Waals surface area contributed by atoms with E-state index in [2.05, 4.69) is 224 Å². The quantitative estimate of drug-likeness (QED) is 0.153. The minimum Gasteiger partial charge on any atom is -0.208 e. The van der Waals surface area contributed by atoms with Crippen LogP contribution in [-0.2, 0) is 5.41 Å². The second-order valence-corrected chi connectivity index (χ2v) is 17.9. The maximum absolute atomic E-state index is 5.07. The van der Waals surface area contributed by atoms with Crippen molar-refractivity contribution in [2.45, 2.75) is 5.41 Å². The molecule has 0 amide bonds. The summed E-state index contributed by atoms with van der Waals surface area (Å²) in [6.45, 7) is 0. The van der Waals surface area contributed by atoms with Crippen molar-refractivity contribution in [1.29, 1.82) is 0 Å². The molecule has 0 atom stereocenters. The van der Waals surface area contributed by atoms with E-state index in [0.717, 1.165) is 27.8 Å². The van der Waals surface area contributed by atoms with Crippen LogP contribution in [0, 0.1) is 0 Å². The Labute approximate surface area is 401 Å². The summed E-state index contributed by atoms with van der Waals surface area (Å²) in [6.07, 6.45) is 0. The van der Waals surface area contributed by atoms with Crippen molar-refractivity contribution in [3.63, 3.8) is 0 Å². The van der Waals surface area contributed by atoms with Crippen molar-refractivity contribution in [2.24, 2.45) is 0 Å². The highest BCUT2D eigenvalue weighted by Crippen LogP contribution is 2.58. The summed E-state index contributed by atoms with van der Waals surface area (Å²) in [5.41, 5.74) is 17.2. The van der Waals surface area contributed by atoms with Gasteiger partial charge in [-0.25, -0.2) is 15.0 Å². The summed E-state index contributed by atoms with van der Waals surface area (Å²) >= 11 is 0. The van der Waals surface area contributed by atoms with E-state index in [1.165, 1.54) is 77.2 Å². The van der Waals surface area contributed by atoms with Crippen LogP contribution in [0.4, 0.5) is 0 Å². The van der Waals surface area contributed by atoms with Gasteiger partial charge >= 0.3 is 0 Å². The summed E-state index contributed by atoms with van der Waals surface area (Å²) < 4.78 is 0. The summed E-state index contributed by atoms with van der Waals surface area (Å²) in [5, 5.41) is 4.90. The highest BCUT2D eigenvalue weighted by molar-refractivity contribution is 6.07. The number of rotatable bonds is 8. The number of hydrogen-bond acceptors (Lipinski definition) is 3. The van der Waals surface area contributed by atoms with Gasteiger partial charge in [-0.2, -0.15) is 0 Å². The highest BCUT2D eigenvalue weighted by atomic mass is 15.0. The first-order valence-electron chi connectivity index (χ1n) is 23.6. The summed E-state index contributed by atoms with van der Waals surface area (Å²) in [6, 6.07) is 93.9. The van der Waals surface area contributed by atoms with Gasteiger partial charge in [0.1, 0.15) is 0 Å². The minimum absolute atomic E-state index is 0.468. The Hall–Kier alpha value is -9.05. The van der Waals surface area contributed by atoms with Crippen LogP contribution < -0.4 is 0 Å². The van der Waals surface area contributed by atoms with E-state index >= 15 is 0 Å². The molecule has 3 nitrogen and oxygen atoms in total. The third kappa shape index (κ3) is 6.78.